The number of carbonyl (C=O) groups is 2. The van der Waals surface area contributed by atoms with Crippen LogP contribution in [0.4, 0.5) is 17.1 Å². The summed E-state index contributed by atoms with van der Waals surface area (Å²) in [6.07, 6.45) is -0.486. The summed E-state index contributed by atoms with van der Waals surface area (Å²) in [4.78, 5) is 44.4. The van der Waals surface area contributed by atoms with Crippen LogP contribution in [0.15, 0.2) is 52.0 Å². The number of nitrogens with zero attached hydrogens (tertiary/aromatic N) is 3. The SMILES string of the molecule is CC(CC(=O)Nc1cccc(Br)c1)=NNC(=O)Cc1ccc([N+](=O)[O-])cc1[N+](=O)[O-]. The van der Waals surface area contributed by atoms with E-state index in [-0.39, 0.29) is 17.9 Å². The Kier molecular flexibility index (Phi) is 7.69. The van der Waals surface area contributed by atoms with Crippen LogP contribution in [0.25, 0.3) is 0 Å². The number of nitro groups is 2. The van der Waals surface area contributed by atoms with Crippen molar-refractivity contribution in [2.45, 2.75) is 19.8 Å². The molecule has 0 saturated heterocycles. The van der Waals surface area contributed by atoms with E-state index in [0.717, 1.165) is 22.7 Å². The van der Waals surface area contributed by atoms with Crippen LogP contribution >= 0.6 is 15.9 Å². The first-order valence-electron chi connectivity index (χ1n) is 8.45. The zero-order valence-corrected chi connectivity index (χ0v) is 17.2. The molecule has 2 amide bonds. The maximum Gasteiger partial charge on any atom is 0.279 e. The van der Waals surface area contributed by atoms with Gasteiger partial charge < -0.3 is 5.32 Å². The molecule has 0 spiro atoms. The number of halogens is 1. The molecule has 0 aliphatic heterocycles. The quantitative estimate of drug-likeness (QED) is 0.337. The summed E-state index contributed by atoms with van der Waals surface area (Å²) in [7, 11) is 0. The predicted octanol–water partition coefficient (Wildman–Crippen LogP) is 3.33. The van der Waals surface area contributed by atoms with Crippen molar-refractivity contribution in [2.75, 3.05) is 5.32 Å². The Labute approximate surface area is 178 Å². The molecule has 0 radical (unpaired) electrons. The fourth-order valence-electron chi connectivity index (χ4n) is 2.40. The molecule has 0 saturated carbocycles. The van der Waals surface area contributed by atoms with Crippen molar-refractivity contribution < 1.29 is 19.4 Å². The van der Waals surface area contributed by atoms with E-state index in [4.69, 9.17) is 0 Å². The molecule has 0 aliphatic carbocycles. The van der Waals surface area contributed by atoms with Crippen molar-refractivity contribution in [1.29, 1.82) is 0 Å². The largest absolute Gasteiger partial charge is 0.326 e. The molecule has 2 rings (SSSR count). The van der Waals surface area contributed by atoms with Gasteiger partial charge in [0.15, 0.2) is 0 Å². The molecule has 0 aromatic heterocycles. The van der Waals surface area contributed by atoms with Gasteiger partial charge in [-0.1, -0.05) is 22.0 Å². The van der Waals surface area contributed by atoms with Gasteiger partial charge in [0.05, 0.1) is 28.8 Å². The molecule has 12 heteroatoms. The summed E-state index contributed by atoms with van der Waals surface area (Å²) < 4.78 is 0.804. The summed E-state index contributed by atoms with van der Waals surface area (Å²) in [5.41, 5.74) is 2.15. The monoisotopic (exact) mass is 477 g/mol. The van der Waals surface area contributed by atoms with Crippen LogP contribution in [0.1, 0.15) is 18.9 Å². The maximum absolute atomic E-state index is 12.0. The molecule has 0 bridgehead atoms. The normalized spacial score (nSPS) is 10.9. The highest BCUT2D eigenvalue weighted by molar-refractivity contribution is 9.10. The lowest BCUT2D eigenvalue weighted by Gasteiger charge is -2.06. The topological polar surface area (TPSA) is 157 Å². The number of rotatable bonds is 8. The van der Waals surface area contributed by atoms with E-state index in [0.29, 0.717) is 11.4 Å². The minimum Gasteiger partial charge on any atom is -0.326 e. The van der Waals surface area contributed by atoms with Crippen LogP contribution in [-0.2, 0) is 16.0 Å². The zero-order chi connectivity index (χ0) is 22.3. The van der Waals surface area contributed by atoms with E-state index < -0.39 is 33.5 Å². The van der Waals surface area contributed by atoms with Gasteiger partial charge in [0.1, 0.15) is 0 Å². The first-order valence-corrected chi connectivity index (χ1v) is 9.24. The van der Waals surface area contributed by atoms with Crippen LogP contribution < -0.4 is 10.7 Å². The van der Waals surface area contributed by atoms with Gasteiger partial charge in [-0.05, 0) is 31.2 Å². The van der Waals surface area contributed by atoms with E-state index in [2.05, 4.69) is 31.8 Å². The molecular formula is C18H16BrN5O6. The lowest BCUT2D eigenvalue weighted by Crippen LogP contribution is -2.23. The molecule has 0 unspecified atom stereocenters. The second-order valence-corrected chi connectivity index (χ2v) is 7.04. The fourth-order valence-corrected chi connectivity index (χ4v) is 2.80. The third-order valence-corrected chi connectivity index (χ3v) is 4.22. The van der Waals surface area contributed by atoms with E-state index in [1.807, 2.05) is 6.07 Å². The third kappa shape index (κ3) is 6.74. The smallest absolute Gasteiger partial charge is 0.279 e. The second kappa shape index (κ2) is 10.2. The maximum atomic E-state index is 12.0. The number of anilines is 1. The number of hydrogen-bond donors (Lipinski definition) is 2. The molecule has 0 fully saturated rings. The summed E-state index contributed by atoms with van der Waals surface area (Å²) in [5.74, 6) is -1.01. The Morgan fingerprint density at radius 3 is 2.43 bits per heavy atom. The fraction of sp³-hybridized carbons (Fsp3) is 0.167. The Morgan fingerprint density at radius 2 is 1.80 bits per heavy atom. The summed E-state index contributed by atoms with van der Waals surface area (Å²) in [5, 5.41) is 28.4. The number of carbonyl (C=O) groups excluding carboxylic acids is 2. The summed E-state index contributed by atoms with van der Waals surface area (Å²) in [6.45, 7) is 1.54. The zero-order valence-electron chi connectivity index (χ0n) is 15.6. The first-order chi connectivity index (χ1) is 14.2. The Bertz CT molecular complexity index is 1040. The number of nitrogens with one attached hydrogen (secondary N) is 2. The van der Waals surface area contributed by atoms with Crippen molar-refractivity contribution in [3.63, 3.8) is 0 Å². The van der Waals surface area contributed by atoms with Crippen molar-refractivity contribution in [3.05, 3.63) is 72.7 Å². The second-order valence-electron chi connectivity index (χ2n) is 6.12. The van der Waals surface area contributed by atoms with Crippen molar-refractivity contribution in [1.82, 2.24) is 5.43 Å². The van der Waals surface area contributed by atoms with Gasteiger partial charge in [-0.25, -0.2) is 5.43 Å². The van der Waals surface area contributed by atoms with E-state index >= 15 is 0 Å². The first kappa shape index (κ1) is 22.6. The molecule has 2 aromatic carbocycles. The average Bonchev–Trinajstić information content (AvgIpc) is 2.66. The van der Waals surface area contributed by atoms with Gasteiger partial charge in [-0.15, -0.1) is 0 Å². The lowest BCUT2D eigenvalue weighted by atomic mass is 10.1. The number of hydrazone groups is 1. The van der Waals surface area contributed by atoms with Gasteiger partial charge in [0.25, 0.3) is 11.4 Å². The number of nitro benzene ring substituents is 2. The van der Waals surface area contributed by atoms with Crippen molar-refractivity contribution in [2.24, 2.45) is 5.10 Å². The standard InChI is InChI=1S/C18H16BrN5O6/c1-11(7-17(25)20-14-4-2-3-13(19)9-14)21-22-18(26)8-12-5-6-15(23(27)28)10-16(12)24(29)30/h2-6,9-10H,7-8H2,1H3,(H,20,25)(H,22,26). The molecule has 2 aromatic rings. The highest BCUT2D eigenvalue weighted by Gasteiger charge is 2.21. The molecule has 156 valence electrons. The number of amides is 2. The summed E-state index contributed by atoms with van der Waals surface area (Å²) in [6, 6.07) is 10.0. The molecule has 0 atom stereocenters. The van der Waals surface area contributed by atoms with E-state index in [1.165, 1.54) is 6.92 Å². The average molecular weight is 478 g/mol. The van der Waals surface area contributed by atoms with Crippen LogP contribution in [0.3, 0.4) is 0 Å². The number of hydrogen-bond acceptors (Lipinski definition) is 7. The van der Waals surface area contributed by atoms with Gasteiger partial charge in [-0.2, -0.15) is 5.10 Å². The van der Waals surface area contributed by atoms with Crippen molar-refractivity contribution >= 4 is 50.5 Å². The van der Waals surface area contributed by atoms with Gasteiger partial charge in [0.2, 0.25) is 11.8 Å². The lowest BCUT2D eigenvalue weighted by molar-refractivity contribution is -0.394. The summed E-state index contributed by atoms with van der Waals surface area (Å²) >= 11 is 3.30. The van der Waals surface area contributed by atoms with Gasteiger partial charge in [0, 0.05) is 27.5 Å². The minimum atomic E-state index is -0.795. The van der Waals surface area contributed by atoms with Gasteiger partial charge >= 0.3 is 0 Å². The van der Waals surface area contributed by atoms with Crippen LogP contribution in [-0.4, -0.2) is 27.4 Å². The molecule has 0 aliphatic rings. The van der Waals surface area contributed by atoms with Crippen LogP contribution in [0.2, 0.25) is 0 Å². The Hall–Kier alpha value is -3.67. The third-order valence-electron chi connectivity index (χ3n) is 3.72. The highest BCUT2D eigenvalue weighted by Crippen LogP contribution is 2.25. The van der Waals surface area contributed by atoms with Crippen LogP contribution in [0, 0.1) is 20.2 Å². The number of non-ortho nitro benzene ring substituents is 1. The highest BCUT2D eigenvalue weighted by atomic mass is 79.9. The van der Waals surface area contributed by atoms with Gasteiger partial charge in [-0.3, -0.25) is 29.8 Å². The van der Waals surface area contributed by atoms with Crippen molar-refractivity contribution in [3.8, 4) is 0 Å². The Morgan fingerprint density at radius 1 is 1.07 bits per heavy atom. The molecular weight excluding hydrogens is 462 g/mol. The predicted molar refractivity (Wildman–Crippen MR) is 112 cm³/mol. The van der Waals surface area contributed by atoms with Crippen LogP contribution in [0.5, 0.6) is 0 Å². The van der Waals surface area contributed by atoms with E-state index in [1.54, 1.807) is 18.2 Å². The molecule has 30 heavy (non-hydrogen) atoms. The number of benzene rings is 2. The van der Waals surface area contributed by atoms with E-state index in [9.17, 15) is 29.8 Å². The molecule has 11 nitrogen and oxygen atoms in total. The Balaban J connectivity index is 1.96. The minimum absolute atomic E-state index is 0.00310. The molecule has 0 heterocycles. The molecule has 2 N–H and O–H groups in total.